The van der Waals surface area contributed by atoms with Gasteiger partial charge in [-0.15, -0.1) is 0 Å². The zero-order valence-electron chi connectivity index (χ0n) is 24.0. The summed E-state index contributed by atoms with van der Waals surface area (Å²) in [6.45, 7) is -1.04. The highest BCUT2D eigenvalue weighted by Gasteiger charge is 2.46. The lowest BCUT2D eigenvalue weighted by Gasteiger charge is -2.40. The Hall–Kier alpha value is -2.96. The van der Waals surface area contributed by atoms with E-state index in [4.69, 9.17) is 33.2 Å². The average Bonchev–Trinajstić information content (AvgIpc) is 3.04. The van der Waals surface area contributed by atoms with Crippen LogP contribution in [0.25, 0.3) is 0 Å². The maximum Gasteiger partial charge on any atom is 0.229 e. The second-order valence-corrected chi connectivity index (χ2v) is 10.8. The standard InChI is InChI=1S/C29H38O15/c1-38-16-6-5-15(26(27(16)39-2)44-29-25(37)23(35)21(33)19(10-31)43-29)13-7-12-3-4-14(8-17(12)40-11-13)41-28-24(36)22(34)20(32)18(9-30)42-28/h3-6,8,13,18-25,28-37H,7,9-11H2,1-2H3/t13-,18-,19+,20-,21-,22-,23-,24+,25+,28+,29-/m0/s1. The van der Waals surface area contributed by atoms with Crippen LogP contribution < -0.4 is 23.7 Å². The minimum atomic E-state index is -1.65. The van der Waals surface area contributed by atoms with Gasteiger partial charge in [0.25, 0.3) is 0 Å². The van der Waals surface area contributed by atoms with Gasteiger partial charge in [-0.05, 0) is 24.1 Å². The van der Waals surface area contributed by atoms with Gasteiger partial charge in [0.2, 0.25) is 18.3 Å². The molecular weight excluding hydrogens is 588 g/mol. The van der Waals surface area contributed by atoms with E-state index in [1.54, 1.807) is 30.3 Å². The van der Waals surface area contributed by atoms with Crippen molar-refractivity contribution in [1.29, 1.82) is 0 Å². The third kappa shape index (κ3) is 6.12. The van der Waals surface area contributed by atoms with E-state index >= 15 is 0 Å². The van der Waals surface area contributed by atoms with Crippen LogP contribution in [0, 0.1) is 0 Å². The minimum absolute atomic E-state index is 0.149. The van der Waals surface area contributed by atoms with E-state index < -0.39 is 74.6 Å². The average molecular weight is 627 g/mol. The summed E-state index contributed by atoms with van der Waals surface area (Å²) < 4.78 is 39.9. The van der Waals surface area contributed by atoms with Crippen molar-refractivity contribution < 1.29 is 74.0 Å². The fourth-order valence-corrected chi connectivity index (χ4v) is 5.56. The Bertz CT molecular complexity index is 1270. The fourth-order valence-electron chi connectivity index (χ4n) is 5.56. The summed E-state index contributed by atoms with van der Waals surface area (Å²) in [5.41, 5.74) is 1.39. The molecule has 5 rings (SSSR count). The van der Waals surface area contributed by atoms with Gasteiger partial charge in [-0.25, -0.2) is 0 Å². The van der Waals surface area contributed by atoms with Crippen molar-refractivity contribution >= 4 is 0 Å². The maximum absolute atomic E-state index is 10.6. The van der Waals surface area contributed by atoms with Crippen LogP contribution in [0.5, 0.6) is 28.7 Å². The summed E-state index contributed by atoms with van der Waals surface area (Å²) in [5, 5.41) is 80.5. The molecule has 15 nitrogen and oxygen atoms in total. The predicted octanol–water partition coefficient (Wildman–Crippen LogP) is -2.22. The first kappa shape index (κ1) is 32.4. The Balaban J connectivity index is 1.37. The number of hydrogen-bond acceptors (Lipinski definition) is 15. The van der Waals surface area contributed by atoms with Crippen LogP contribution in [0.3, 0.4) is 0 Å². The molecular formula is C29H38O15. The molecule has 0 unspecified atom stereocenters. The Labute approximate surface area is 252 Å². The normalized spacial score (nSPS) is 35.3. The van der Waals surface area contributed by atoms with Gasteiger partial charge in [0.15, 0.2) is 11.5 Å². The molecule has 0 spiro atoms. The van der Waals surface area contributed by atoms with Crippen LogP contribution >= 0.6 is 0 Å². The van der Waals surface area contributed by atoms with E-state index in [2.05, 4.69) is 0 Å². The molecule has 8 N–H and O–H groups in total. The highest BCUT2D eigenvalue weighted by atomic mass is 16.7. The number of benzene rings is 2. The Morgan fingerprint density at radius 2 is 1.32 bits per heavy atom. The van der Waals surface area contributed by atoms with Crippen molar-refractivity contribution in [3.8, 4) is 28.7 Å². The zero-order chi connectivity index (χ0) is 31.7. The Kier molecular flexibility index (Phi) is 10.0. The molecule has 2 aromatic carbocycles. The molecule has 3 aliphatic rings. The van der Waals surface area contributed by atoms with Crippen molar-refractivity contribution in [2.75, 3.05) is 34.0 Å². The zero-order valence-corrected chi connectivity index (χ0v) is 24.0. The molecule has 44 heavy (non-hydrogen) atoms. The fraction of sp³-hybridized carbons (Fsp3) is 0.586. The first-order chi connectivity index (χ1) is 21.1. The van der Waals surface area contributed by atoms with Crippen molar-refractivity contribution in [3.05, 3.63) is 41.5 Å². The second-order valence-electron chi connectivity index (χ2n) is 10.8. The first-order valence-corrected chi connectivity index (χ1v) is 14.1. The molecule has 0 radical (unpaired) electrons. The lowest BCUT2D eigenvalue weighted by molar-refractivity contribution is -0.277. The van der Waals surface area contributed by atoms with Crippen LogP contribution in [0.15, 0.2) is 30.3 Å². The number of hydrogen-bond donors (Lipinski definition) is 8. The number of rotatable bonds is 9. The number of ether oxygens (including phenoxy) is 7. The van der Waals surface area contributed by atoms with E-state index in [-0.39, 0.29) is 29.8 Å². The van der Waals surface area contributed by atoms with Crippen LogP contribution in [0.1, 0.15) is 17.0 Å². The first-order valence-electron chi connectivity index (χ1n) is 14.1. The molecule has 2 aromatic rings. The lowest BCUT2D eigenvalue weighted by Crippen LogP contribution is -2.60. The highest BCUT2D eigenvalue weighted by molar-refractivity contribution is 5.58. The highest BCUT2D eigenvalue weighted by Crippen LogP contribution is 2.46. The molecule has 244 valence electrons. The molecule has 0 aliphatic carbocycles. The monoisotopic (exact) mass is 626 g/mol. The van der Waals surface area contributed by atoms with Gasteiger partial charge in [0.05, 0.1) is 34.0 Å². The molecule has 3 aliphatic heterocycles. The molecule has 2 saturated heterocycles. The predicted molar refractivity (Wildman–Crippen MR) is 147 cm³/mol. The summed E-state index contributed by atoms with van der Waals surface area (Å²) >= 11 is 0. The molecule has 0 amide bonds. The van der Waals surface area contributed by atoms with Gasteiger partial charge in [0, 0.05) is 17.5 Å². The second kappa shape index (κ2) is 13.6. The van der Waals surface area contributed by atoms with Crippen LogP contribution in [-0.2, 0) is 15.9 Å². The summed E-state index contributed by atoms with van der Waals surface area (Å²) in [7, 11) is 2.85. The Morgan fingerprint density at radius 3 is 1.89 bits per heavy atom. The van der Waals surface area contributed by atoms with E-state index in [9.17, 15) is 40.9 Å². The summed E-state index contributed by atoms with van der Waals surface area (Å²) in [5.74, 6) is 1.10. The number of aliphatic hydroxyl groups excluding tert-OH is 8. The topological polar surface area (TPSA) is 226 Å². The quantitative estimate of drug-likeness (QED) is 0.148. The van der Waals surface area contributed by atoms with Gasteiger partial charge >= 0.3 is 0 Å². The number of aliphatic hydroxyl groups is 8. The van der Waals surface area contributed by atoms with Gasteiger partial charge in [-0.2, -0.15) is 0 Å². The third-order valence-corrected chi connectivity index (χ3v) is 8.10. The number of methoxy groups -OCH3 is 2. The molecule has 0 saturated carbocycles. The molecule has 2 fully saturated rings. The van der Waals surface area contributed by atoms with Crippen LogP contribution in [0.2, 0.25) is 0 Å². The summed E-state index contributed by atoms with van der Waals surface area (Å²) in [6.07, 6.45) is -14.2. The third-order valence-electron chi connectivity index (χ3n) is 8.10. The molecule has 11 atom stereocenters. The van der Waals surface area contributed by atoms with E-state index in [0.29, 0.717) is 23.5 Å². The summed E-state index contributed by atoms with van der Waals surface area (Å²) in [6, 6.07) is 8.39. The van der Waals surface area contributed by atoms with Crippen molar-refractivity contribution in [2.24, 2.45) is 0 Å². The lowest BCUT2D eigenvalue weighted by atomic mass is 9.89. The van der Waals surface area contributed by atoms with Crippen LogP contribution in [-0.4, -0.2) is 136 Å². The molecule has 0 bridgehead atoms. The molecule has 0 aromatic heterocycles. The van der Waals surface area contributed by atoms with Gasteiger partial charge in [0.1, 0.15) is 60.3 Å². The van der Waals surface area contributed by atoms with Crippen molar-refractivity contribution in [3.63, 3.8) is 0 Å². The van der Waals surface area contributed by atoms with Gasteiger partial charge < -0.3 is 74.0 Å². The van der Waals surface area contributed by atoms with Gasteiger partial charge in [-0.3, -0.25) is 0 Å². The Morgan fingerprint density at radius 1 is 0.705 bits per heavy atom. The summed E-state index contributed by atoms with van der Waals surface area (Å²) in [4.78, 5) is 0. The number of fused-ring (bicyclic) bond motifs is 1. The van der Waals surface area contributed by atoms with Crippen molar-refractivity contribution in [1.82, 2.24) is 0 Å². The molecule has 15 heteroatoms. The van der Waals surface area contributed by atoms with Crippen molar-refractivity contribution in [2.45, 2.75) is 73.8 Å². The van der Waals surface area contributed by atoms with E-state index in [1.165, 1.54) is 14.2 Å². The minimum Gasteiger partial charge on any atom is -0.493 e. The SMILES string of the molecule is COc1ccc([C@@H]2COc3cc(O[C@@H]4O[C@@H](CO)[C@H](O)[C@H](O)[C@H]4O)ccc3C2)c(O[C@@H]2O[C@H](CO)[C@H](O)[C@H](O)[C@H]2O)c1OC. The smallest absolute Gasteiger partial charge is 0.229 e. The van der Waals surface area contributed by atoms with E-state index in [1.807, 2.05) is 0 Å². The van der Waals surface area contributed by atoms with Gasteiger partial charge in [-0.1, -0.05) is 12.1 Å². The largest absolute Gasteiger partial charge is 0.493 e. The van der Waals surface area contributed by atoms with E-state index in [0.717, 1.165) is 5.56 Å². The molecule has 3 heterocycles. The maximum atomic E-state index is 10.6. The van der Waals surface area contributed by atoms with Crippen LogP contribution in [0.4, 0.5) is 0 Å².